The first-order valence-electron chi connectivity index (χ1n) is 10.4. The molecule has 0 aliphatic heterocycles. The Kier molecular flexibility index (Phi) is 6.86. The molecule has 0 amide bonds. The highest BCUT2D eigenvalue weighted by molar-refractivity contribution is 7.98. The molecule has 0 bridgehead atoms. The first-order chi connectivity index (χ1) is 16.1. The van der Waals surface area contributed by atoms with Crippen LogP contribution < -0.4 is 5.56 Å². The molecule has 0 saturated carbocycles. The van der Waals surface area contributed by atoms with E-state index >= 15 is 0 Å². The standard InChI is InChI=1S/C26H21N3O3S/c1-32-25(31)21-11-12-22-23(15-21)28-26(33-17-20-9-7-19(16-27)8-10-20)29(24(22)30)14-13-18-5-3-2-4-6-18/h2-12,15H,13-14,17H2,1H3. The van der Waals surface area contributed by atoms with Crippen LogP contribution in [0.4, 0.5) is 0 Å². The second-order valence-corrected chi connectivity index (χ2v) is 8.35. The number of esters is 1. The summed E-state index contributed by atoms with van der Waals surface area (Å²) in [5, 5.41) is 10.0. The van der Waals surface area contributed by atoms with Crippen LogP contribution in [-0.4, -0.2) is 22.6 Å². The highest BCUT2D eigenvalue weighted by Gasteiger charge is 2.15. The van der Waals surface area contributed by atoms with E-state index in [1.165, 1.54) is 18.9 Å². The van der Waals surface area contributed by atoms with Crippen LogP contribution in [0.15, 0.2) is 82.7 Å². The van der Waals surface area contributed by atoms with Crippen molar-refractivity contribution in [1.82, 2.24) is 9.55 Å². The number of hydrogen-bond donors (Lipinski definition) is 0. The van der Waals surface area contributed by atoms with Gasteiger partial charge in [-0.2, -0.15) is 5.26 Å². The number of nitriles is 1. The summed E-state index contributed by atoms with van der Waals surface area (Å²) in [7, 11) is 1.32. The van der Waals surface area contributed by atoms with Gasteiger partial charge in [0.15, 0.2) is 5.16 Å². The van der Waals surface area contributed by atoms with E-state index in [1.54, 1.807) is 34.9 Å². The minimum absolute atomic E-state index is 0.144. The summed E-state index contributed by atoms with van der Waals surface area (Å²) in [5.41, 5.74) is 3.42. The Bertz CT molecular complexity index is 1390. The number of carbonyl (C=O) groups is 1. The van der Waals surface area contributed by atoms with Crippen molar-refractivity contribution in [3.8, 4) is 6.07 Å². The Morgan fingerprint density at radius 3 is 2.52 bits per heavy atom. The second kappa shape index (κ2) is 10.2. The third-order valence-corrected chi connectivity index (χ3v) is 6.31. The molecule has 0 spiro atoms. The second-order valence-electron chi connectivity index (χ2n) is 7.41. The molecule has 0 radical (unpaired) electrons. The van der Waals surface area contributed by atoms with E-state index in [9.17, 15) is 9.59 Å². The molecule has 0 atom stereocenters. The van der Waals surface area contributed by atoms with Gasteiger partial charge in [0.1, 0.15) is 0 Å². The van der Waals surface area contributed by atoms with Gasteiger partial charge in [0.25, 0.3) is 5.56 Å². The van der Waals surface area contributed by atoms with Crippen molar-refractivity contribution >= 4 is 28.6 Å². The molecule has 164 valence electrons. The zero-order valence-electron chi connectivity index (χ0n) is 18.0. The highest BCUT2D eigenvalue weighted by Crippen LogP contribution is 2.23. The number of hydrogen-bond acceptors (Lipinski definition) is 6. The van der Waals surface area contributed by atoms with E-state index in [2.05, 4.69) is 6.07 Å². The van der Waals surface area contributed by atoms with Gasteiger partial charge in [0, 0.05) is 12.3 Å². The lowest BCUT2D eigenvalue weighted by atomic mass is 10.1. The van der Waals surface area contributed by atoms with Crippen LogP contribution in [0, 0.1) is 11.3 Å². The summed E-state index contributed by atoms with van der Waals surface area (Å²) < 4.78 is 6.50. The van der Waals surface area contributed by atoms with E-state index in [1.807, 2.05) is 42.5 Å². The molecule has 0 unspecified atom stereocenters. The molecule has 33 heavy (non-hydrogen) atoms. The van der Waals surface area contributed by atoms with E-state index < -0.39 is 5.97 Å². The molecule has 6 nitrogen and oxygen atoms in total. The maximum Gasteiger partial charge on any atom is 0.337 e. The molecule has 4 aromatic rings. The summed E-state index contributed by atoms with van der Waals surface area (Å²) >= 11 is 1.45. The number of aromatic nitrogens is 2. The third-order valence-electron chi connectivity index (χ3n) is 5.26. The SMILES string of the molecule is COC(=O)c1ccc2c(=O)n(CCc3ccccc3)c(SCc3ccc(C#N)cc3)nc2c1. The van der Waals surface area contributed by atoms with Crippen molar-refractivity contribution in [2.45, 2.75) is 23.9 Å². The Morgan fingerprint density at radius 1 is 1.06 bits per heavy atom. The number of ether oxygens (including phenoxy) is 1. The molecule has 0 saturated heterocycles. The Hall–Kier alpha value is -3.89. The smallest absolute Gasteiger partial charge is 0.337 e. The van der Waals surface area contributed by atoms with Gasteiger partial charge in [0.2, 0.25) is 0 Å². The highest BCUT2D eigenvalue weighted by atomic mass is 32.2. The van der Waals surface area contributed by atoms with Gasteiger partial charge in [-0.1, -0.05) is 54.2 Å². The molecule has 0 aliphatic carbocycles. The quantitative estimate of drug-likeness (QED) is 0.230. The lowest BCUT2D eigenvalue weighted by Gasteiger charge is -2.14. The van der Waals surface area contributed by atoms with Gasteiger partial charge in [0.05, 0.1) is 35.2 Å². The molecule has 4 rings (SSSR count). The lowest BCUT2D eigenvalue weighted by molar-refractivity contribution is 0.0601. The number of thioether (sulfide) groups is 1. The summed E-state index contributed by atoms with van der Waals surface area (Å²) in [5.74, 6) is 0.116. The van der Waals surface area contributed by atoms with E-state index in [0.717, 1.165) is 11.1 Å². The van der Waals surface area contributed by atoms with Gasteiger partial charge < -0.3 is 4.74 Å². The van der Waals surface area contributed by atoms with Crippen LogP contribution in [0.5, 0.6) is 0 Å². The lowest BCUT2D eigenvalue weighted by Crippen LogP contribution is -2.24. The van der Waals surface area contributed by atoms with Crippen molar-refractivity contribution in [2.24, 2.45) is 0 Å². The van der Waals surface area contributed by atoms with Crippen molar-refractivity contribution in [1.29, 1.82) is 5.26 Å². The van der Waals surface area contributed by atoms with E-state index in [0.29, 0.717) is 45.9 Å². The maximum atomic E-state index is 13.4. The number of nitrogens with zero attached hydrogens (tertiary/aromatic N) is 3. The van der Waals surface area contributed by atoms with Crippen molar-refractivity contribution in [2.75, 3.05) is 7.11 Å². The van der Waals surface area contributed by atoms with E-state index in [4.69, 9.17) is 15.0 Å². The Balaban J connectivity index is 1.71. The van der Waals surface area contributed by atoms with Crippen LogP contribution in [0.2, 0.25) is 0 Å². The van der Waals surface area contributed by atoms with Crippen LogP contribution >= 0.6 is 11.8 Å². The van der Waals surface area contributed by atoms with Crippen molar-refractivity contribution in [3.63, 3.8) is 0 Å². The molecule has 0 N–H and O–H groups in total. The molecule has 7 heteroatoms. The minimum Gasteiger partial charge on any atom is -0.465 e. The average Bonchev–Trinajstić information content (AvgIpc) is 2.87. The largest absolute Gasteiger partial charge is 0.465 e. The number of aryl methyl sites for hydroxylation is 1. The minimum atomic E-state index is -0.473. The van der Waals surface area contributed by atoms with Gasteiger partial charge in [-0.25, -0.2) is 9.78 Å². The fraction of sp³-hybridized carbons (Fsp3) is 0.154. The van der Waals surface area contributed by atoms with Crippen LogP contribution in [0.1, 0.15) is 27.0 Å². The molecule has 0 fully saturated rings. The molecule has 1 heterocycles. The number of benzene rings is 3. The van der Waals surface area contributed by atoms with E-state index in [-0.39, 0.29) is 5.56 Å². The first-order valence-corrected chi connectivity index (χ1v) is 11.4. The summed E-state index contributed by atoms with van der Waals surface area (Å²) in [6.45, 7) is 0.486. The Morgan fingerprint density at radius 2 is 1.82 bits per heavy atom. The summed E-state index contributed by atoms with van der Waals surface area (Å²) in [6, 6.07) is 24.2. The monoisotopic (exact) mass is 455 g/mol. The average molecular weight is 456 g/mol. The zero-order chi connectivity index (χ0) is 23.2. The van der Waals surface area contributed by atoms with Gasteiger partial charge in [-0.3, -0.25) is 9.36 Å². The molecule has 0 aliphatic rings. The Labute approximate surface area is 195 Å². The predicted octanol–water partition coefficient (Wildman–Crippen LogP) is 4.59. The number of carbonyl (C=O) groups excluding carboxylic acids is 1. The molecule has 3 aromatic carbocycles. The van der Waals surface area contributed by atoms with Gasteiger partial charge in [-0.05, 0) is 47.9 Å². The molecular weight excluding hydrogens is 434 g/mol. The molecular formula is C26H21N3O3S. The number of fused-ring (bicyclic) bond motifs is 1. The van der Waals surface area contributed by atoms with Crippen LogP contribution in [-0.2, 0) is 23.5 Å². The maximum absolute atomic E-state index is 13.4. The summed E-state index contributed by atoms with van der Waals surface area (Å²) in [6.07, 6.45) is 0.693. The first kappa shape index (κ1) is 22.3. The predicted molar refractivity (Wildman–Crippen MR) is 128 cm³/mol. The normalized spacial score (nSPS) is 10.7. The number of methoxy groups -OCH3 is 1. The van der Waals surface area contributed by atoms with Crippen LogP contribution in [0.25, 0.3) is 10.9 Å². The van der Waals surface area contributed by atoms with Crippen molar-refractivity contribution < 1.29 is 9.53 Å². The third kappa shape index (κ3) is 5.13. The molecule has 1 aromatic heterocycles. The zero-order valence-corrected chi connectivity index (χ0v) is 18.8. The number of rotatable bonds is 7. The van der Waals surface area contributed by atoms with Gasteiger partial charge >= 0.3 is 5.97 Å². The van der Waals surface area contributed by atoms with Gasteiger partial charge in [-0.15, -0.1) is 0 Å². The van der Waals surface area contributed by atoms with Crippen molar-refractivity contribution in [3.05, 3.63) is 105 Å². The topological polar surface area (TPSA) is 85.0 Å². The van der Waals surface area contributed by atoms with Crippen LogP contribution in [0.3, 0.4) is 0 Å². The fourth-order valence-electron chi connectivity index (χ4n) is 3.46. The summed E-state index contributed by atoms with van der Waals surface area (Å²) in [4.78, 5) is 30.1. The fourth-order valence-corrected chi connectivity index (χ4v) is 4.44.